The third kappa shape index (κ3) is 32.9. The number of carbonyl (C=O) groups excluding carboxylic acids is 1. The fraction of sp³-hybridized carbons (Fsp3) is 0.769. The lowest BCUT2D eigenvalue weighted by molar-refractivity contribution is -0.150. The van der Waals surface area contributed by atoms with Gasteiger partial charge in [-0.15, -0.1) is 0 Å². The lowest BCUT2D eigenvalue weighted by Gasteiger charge is -2.18. The summed E-state index contributed by atoms with van der Waals surface area (Å²) in [7, 11) is 4.11. The van der Waals surface area contributed by atoms with Crippen molar-refractivity contribution in [1.82, 2.24) is 4.90 Å². The number of carbonyl (C=O) groups is 1. The molecule has 0 spiro atoms. The number of unbranched alkanes of at least 4 members (excludes halogenated alkanes) is 14. The van der Waals surface area contributed by atoms with E-state index < -0.39 is 0 Å². The topological polar surface area (TPSA) is 29.5 Å². The Morgan fingerprint density at radius 3 is 1.24 bits per heavy atom. The molecule has 0 saturated heterocycles. The average molecular weight is 586 g/mol. The van der Waals surface area contributed by atoms with Gasteiger partial charge in [0.25, 0.3) is 0 Å². The predicted octanol–water partition coefficient (Wildman–Crippen LogP) is 12.1. The van der Waals surface area contributed by atoms with Gasteiger partial charge in [0.2, 0.25) is 0 Å². The van der Waals surface area contributed by atoms with Gasteiger partial charge in [-0.05, 0) is 143 Å². The lowest BCUT2D eigenvalue weighted by atomic mass is 10.0. The number of rotatable bonds is 31. The first kappa shape index (κ1) is 40.4. The van der Waals surface area contributed by atoms with Crippen molar-refractivity contribution in [1.29, 1.82) is 0 Å². The number of hydrogen-bond acceptors (Lipinski definition) is 3. The molecule has 0 fully saturated rings. The second-order valence-electron chi connectivity index (χ2n) is 12.3. The van der Waals surface area contributed by atoms with Gasteiger partial charge in [-0.3, -0.25) is 4.79 Å². The van der Waals surface area contributed by atoms with Gasteiger partial charge in [0.1, 0.15) is 6.10 Å². The van der Waals surface area contributed by atoms with Gasteiger partial charge in [0, 0.05) is 6.42 Å². The zero-order valence-electron chi connectivity index (χ0n) is 28.6. The summed E-state index contributed by atoms with van der Waals surface area (Å²) in [6.45, 7) is 5.40. The molecule has 42 heavy (non-hydrogen) atoms. The van der Waals surface area contributed by atoms with Crippen LogP contribution >= 0.6 is 0 Å². The van der Waals surface area contributed by atoms with E-state index in [0.717, 1.165) is 38.6 Å². The van der Waals surface area contributed by atoms with E-state index in [2.05, 4.69) is 81.5 Å². The zero-order chi connectivity index (χ0) is 30.8. The van der Waals surface area contributed by atoms with Crippen molar-refractivity contribution < 1.29 is 9.53 Å². The Labute approximate surface area is 263 Å². The van der Waals surface area contributed by atoms with Crippen molar-refractivity contribution in [3.8, 4) is 0 Å². The Morgan fingerprint density at radius 1 is 0.524 bits per heavy atom. The highest BCUT2D eigenvalue weighted by molar-refractivity contribution is 5.69. The summed E-state index contributed by atoms with van der Waals surface area (Å²) in [5.41, 5.74) is 0. The largest absolute Gasteiger partial charge is 0.462 e. The Kier molecular flexibility index (Phi) is 32.6. The second-order valence-corrected chi connectivity index (χ2v) is 12.3. The zero-order valence-corrected chi connectivity index (χ0v) is 28.6. The summed E-state index contributed by atoms with van der Waals surface area (Å²) in [6, 6.07) is 0. The third-order valence-corrected chi connectivity index (χ3v) is 7.64. The molecule has 0 amide bonds. The first-order chi connectivity index (χ1) is 20.6. The molecule has 0 saturated carbocycles. The second kappa shape index (κ2) is 33.9. The van der Waals surface area contributed by atoms with Gasteiger partial charge in [0.15, 0.2) is 0 Å². The van der Waals surface area contributed by atoms with Crippen LogP contribution in [0, 0.1) is 0 Å². The molecular weight excluding hydrogens is 514 g/mol. The van der Waals surface area contributed by atoms with Gasteiger partial charge < -0.3 is 9.64 Å². The third-order valence-electron chi connectivity index (χ3n) is 7.64. The van der Waals surface area contributed by atoms with Crippen LogP contribution < -0.4 is 0 Å². The molecule has 0 rings (SSSR count). The first-order valence-electron chi connectivity index (χ1n) is 18.0. The minimum Gasteiger partial charge on any atom is -0.462 e. The van der Waals surface area contributed by atoms with Crippen LogP contribution in [0.1, 0.15) is 168 Å². The van der Waals surface area contributed by atoms with E-state index in [1.54, 1.807) is 0 Å². The van der Waals surface area contributed by atoms with Crippen molar-refractivity contribution in [2.45, 2.75) is 174 Å². The van der Waals surface area contributed by atoms with Crippen LogP contribution in [0.4, 0.5) is 0 Å². The van der Waals surface area contributed by atoms with Crippen molar-refractivity contribution in [3.63, 3.8) is 0 Å². The lowest BCUT2D eigenvalue weighted by Crippen LogP contribution is -2.20. The molecule has 0 heterocycles. The molecule has 0 radical (unpaired) electrons. The van der Waals surface area contributed by atoms with Gasteiger partial charge in [-0.25, -0.2) is 0 Å². The predicted molar refractivity (Wildman–Crippen MR) is 187 cm³/mol. The van der Waals surface area contributed by atoms with Crippen LogP contribution in [0.3, 0.4) is 0 Å². The molecule has 244 valence electrons. The molecule has 3 heteroatoms. The summed E-state index contributed by atoms with van der Waals surface area (Å²) >= 11 is 0. The number of allylic oxidation sites excluding steroid dienone is 8. The highest BCUT2D eigenvalue weighted by Crippen LogP contribution is 2.17. The standard InChI is InChI=1S/C39H71NO2/c1-5-7-9-11-13-15-17-19-21-23-25-27-29-31-34-38(42-39(41)36-33-37-40(3)4)35-32-30-28-26-24-22-20-18-16-14-12-10-8-6-2/h9-12,21-24,38H,5-8,13-20,25-37H2,1-4H3/b11-9-,12-10-,23-21-,24-22-. The molecule has 0 unspecified atom stereocenters. The maximum Gasteiger partial charge on any atom is 0.306 e. The highest BCUT2D eigenvalue weighted by atomic mass is 16.5. The minimum absolute atomic E-state index is 0.00516. The molecule has 0 aromatic heterocycles. The maximum absolute atomic E-state index is 12.5. The SMILES string of the molecule is CCC/C=C\CCCC/C=C\CCCCCC(CCCCC/C=C\CCCC/C=C\CCC)OC(=O)CCCN(C)C. The van der Waals surface area contributed by atoms with E-state index in [-0.39, 0.29) is 12.1 Å². The summed E-state index contributed by atoms with van der Waals surface area (Å²) in [6.07, 6.45) is 46.9. The van der Waals surface area contributed by atoms with Crippen LogP contribution in [0.15, 0.2) is 48.6 Å². The van der Waals surface area contributed by atoms with Crippen molar-refractivity contribution in [2.75, 3.05) is 20.6 Å². The van der Waals surface area contributed by atoms with E-state index in [0.29, 0.717) is 6.42 Å². The number of hydrogen-bond donors (Lipinski definition) is 0. The number of nitrogens with zero attached hydrogens (tertiary/aromatic N) is 1. The molecule has 0 N–H and O–H groups in total. The van der Waals surface area contributed by atoms with Crippen LogP contribution in [0.25, 0.3) is 0 Å². The molecular formula is C39H71NO2. The summed E-state index contributed by atoms with van der Waals surface area (Å²) in [5.74, 6) is -0.00516. The quantitative estimate of drug-likeness (QED) is 0.0460. The van der Waals surface area contributed by atoms with Gasteiger partial charge in [0.05, 0.1) is 0 Å². The summed E-state index contributed by atoms with van der Waals surface area (Å²) in [4.78, 5) is 14.6. The van der Waals surface area contributed by atoms with Crippen LogP contribution in [-0.2, 0) is 9.53 Å². The Bertz CT molecular complexity index is 632. The fourth-order valence-corrected chi connectivity index (χ4v) is 4.99. The molecule has 0 aliphatic heterocycles. The van der Waals surface area contributed by atoms with Gasteiger partial charge in [-0.2, -0.15) is 0 Å². The van der Waals surface area contributed by atoms with Crippen molar-refractivity contribution in [3.05, 3.63) is 48.6 Å². The van der Waals surface area contributed by atoms with E-state index in [1.165, 1.54) is 116 Å². The molecule has 0 aliphatic rings. The van der Waals surface area contributed by atoms with Crippen LogP contribution in [0.2, 0.25) is 0 Å². The molecule has 0 aliphatic carbocycles. The Morgan fingerprint density at radius 2 is 0.881 bits per heavy atom. The Hall–Kier alpha value is -1.61. The van der Waals surface area contributed by atoms with Crippen LogP contribution in [0.5, 0.6) is 0 Å². The average Bonchev–Trinajstić information content (AvgIpc) is 2.97. The monoisotopic (exact) mass is 586 g/mol. The molecule has 0 bridgehead atoms. The molecule has 0 aromatic carbocycles. The van der Waals surface area contributed by atoms with E-state index >= 15 is 0 Å². The van der Waals surface area contributed by atoms with Gasteiger partial charge in [-0.1, -0.05) is 88.1 Å². The van der Waals surface area contributed by atoms with Crippen molar-refractivity contribution >= 4 is 5.97 Å². The summed E-state index contributed by atoms with van der Waals surface area (Å²) < 4.78 is 5.96. The fourth-order valence-electron chi connectivity index (χ4n) is 4.99. The molecule has 3 nitrogen and oxygen atoms in total. The Balaban J connectivity index is 4.08. The minimum atomic E-state index is -0.00516. The normalized spacial score (nSPS) is 12.4. The van der Waals surface area contributed by atoms with E-state index in [1.807, 2.05) is 0 Å². The van der Waals surface area contributed by atoms with E-state index in [9.17, 15) is 4.79 Å². The first-order valence-corrected chi connectivity index (χ1v) is 18.0. The van der Waals surface area contributed by atoms with E-state index in [4.69, 9.17) is 4.74 Å². The molecule has 0 atom stereocenters. The maximum atomic E-state index is 12.5. The van der Waals surface area contributed by atoms with Crippen LogP contribution in [-0.4, -0.2) is 37.6 Å². The van der Waals surface area contributed by atoms with Crippen molar-refractivity contribution in [2.24, 2.45) is 0 Å². The number of esters is 1. The number of ether oxygens (including phenoxy) is 1. The highest BCUT2D eigenvalue weighted by Gasteiger charge is 2.14. The van der Waals surface area contributed by atoms with Gasteiger partial charge >= 0.3 is 5.97 Å². The smallest absolute Gasteiger partial charge is 0.306 e. The molecule has 0 aromatic rings. The summed E-state index contributed by atoms with van der Waals surface area (Å²) in [5, 5.41) is 0.